The largest absolute Gasteiger partial charge is 0.492 e. The minimum absolute atomic E-state index is 0.0829. The van der Waals surface area contributed by atoms with Crippen molar-refractivity contribution >= 4 is 27.0 Å². The van der Waals surface area contributed by atoms with Crippen molar-refractivity contribution in [2.24, 2.45) is 5.92 Å². The smallest absolute Gasteiger partial charge is 0.283 e. The third kappa shape index (κ3) is 5.14. The van der Waals surface area contributed by atoms with Crippen LogP contribution < -0.4 is 9.46 Å². The Morgan fingerprint density at radius 3 is 2.63 bits per heavy atom. The summed E-state index contributed by atoms with van der Waals surface area (Å²) in [7, 11) is -3.81. The van der Waals surface area contributed by atoms with Gasteiger partial charge in [0.25, 0.3) is 5.91 Å². The summed E-state index contributed by atoms with van der Waals surface area (Å²) in [6.45, 7) is 1.14. The number of hydrogen-bond donors (Lipinski definition) is 1. The Balaban J connectivity index is 1.64. The van der Waals surface area contributed by atoms with Gasteiger partial charge in [0.05, 0.1) is 42.8 Å². The lowest BCUT2D eigenvalue weighted by molar-refractivity contribution is -0.325. The van der Waals surface area contributed by atoms with E-state index in [1.165, 1.54) is 18.2 Å². The molecule has 2 aliphatic rings. The zero-order chi connectivity index (χ0) is 24.6. The van der Waals surface area contributed by atoms with Crippen LogP contribution in [0.2, 0.25) is 0 Å². The van der Waals surface area contributed by atoms with Crippen molar-refractivity contribution in [2.45, 2.75) is 31.6 Å². The van der Waals surface area contributed by atoms with Crippen molar-refractivity contribution in [3.8, 4) is 11.4 Å². The van der Waals surface area contributed by atoms with Crippen molar-refractivity contribution in [2.75, 3.05) is 26.1 Å². The summed E-state index contributed by atoms with van der Waals surface area (Å²) in [4.78, 5) is 27.2. The lowest BCUT2D eigenvalue weighted by Crippen LogP contribution is -2.30. The van der Waals surface area contributed by atoms with E-state index >= 15 is 0 Å². The Labute approximate surface area is 201 Å². The van der Waals surface area contributed by atoms with Gasteiger partial charge < -0.3 is 4.74 Å². The van der Waals surface area contributed by atoms with Gasteiger partial charge >= 0.3 is 0 Å². The molecule has 1 aromatic carbocycles. The molecule has 1 unspecified atom stereocenters. The summed E-state index contributed by atoms with van der Waals surface area (Å²) in [6.07, 6.45) is 4.63. The van der Waals surface area contributed by atoms with E-state index in [0.29, 0.717) is 42.3 Å². The van der Waals surface area contributed by atoms with Crippen LogP contribution in [0.15, 0.2) is 30.3 Å². The number of nitrogens with one attached hydrogen (secondary N) is 1. The summed E-state index contributed by atoms with van der Waals surface area (Å²) in [6, 6.07) is 7.21. The topological polar surface area (TPSA) is 122 Å². The molecule has 0 radical (unpaired) electrons. The van der Waals surface area contributed by atoms with Crippen LogP contribution >= 0.6 is 0 Å². The predicted octanol–water partition coefficient (Wildman–Crippen LogP) is 2.86. The highest BCUT2D eigenvalue weighted by atomic mass is 32.2. The lowest BCUT2D eigenvalue weighted by atomic mass is 9.82. The first-order chi connectivity index (χ1) is 16.8. The number of pyridine rings is 1. The first-order valence-electron chi connectivity index (χ1n) is 11.4. The second kappa shape index (κ2) is 9.51. The van der Waals surface area contributed by atoms with Gasteiger partial charge in [-0.2, -0.15) is 5.10 Å². The summed E-state index contributed by atoms with van der Waals surface area (Å²) < 4.78 is 46.6. The molecule has 3 heterocycles. The summed E-state index contributed by atoms with van der Waals surface area (Å²) >= 11 is 0. The summed E-state index contributed by atoms with van der Waals surface area (Å²) in [5.41, 5.74) is 1.54. The first kappa shape index (κ1) is 23.6. The number of nitrogens with zero attached hydrogens (tertiary/aromatic N) is 3. The number of aromatic nitrogens is 3. The molecule has 2 fully saturated rings. The first-order valence-corrected chi connectivity index (χ1v) is 13.3. The normalized spacial score (nSPS) is 18.9. The molecule has 1 saturated heterocycles. The van der Waals surface area contributed by atoms with Crippen LogP contribution in [0.4, 0.5) is 4.39 Å². The monoisotopic (exact) mass is 504 g/mol. The second-order valence-corrected chi connectivity index (χ2v) is 10.6. The van der Waals surface area contributed by atoms with Gasteiger partial charge in [-0.05, 0) is 43.5 Å². The Hall–Kier alpha value is -3.09. The molecular weight excluding hydrogens is 479 g/mol. The molecule has 1 aliphatic heterocycles. The van der Waals surface area contributed by atoms with Crippen molar-refractivity contribution in [1.82, 2.24) is 19.5 Å². The van der Waals surface area contributed by atoms with Crippen LogP contribution in [0, 0.1) is 11.7 Å². The molecule has 1 aliphatic carbocycles. The van der Waals surface area contributed by atoms with Gasteiger partial charge in [0, 0.05) is 17.9 Å². The lowest BCUT2D eigenvalue weighted by Gasteiger charge is -2.24. The molecular formula is C23H25FN4O6S. The van der Waals surface area contributed by atoms with Gasteiger partial charge in [0.15, 0.2) is 5.65 Å². The van der Waals surface area contributed by atoms with Crippen molar-refractivity contribution in [3.63, 3.8) is 0 Å². The SMILES string of the molecule is CS(=O)(=O)NC(=O)c1cc(OCC2CCOOC2)c2c(C3CCC3)nn(-c3ccc(F)cc3)c2n1. The fraction of sp³-hybridized carbons (Fsp3) is 0.435. The number of carbonyl (C=O) groups is 1. The van der Waals surface area contributed by atoms with Crippen LogP contribution in [0.3, 0.4) is 0 Å². The molecule has 0 spiro atoms. The highest BCUT2D eigenvalue weighted by Gasteiger charge is 2.30. The quantitative estimate of drug-likeness (QED) is 0.488. The van der Waals surface area contributed by atoms with Gasteiger partial charge in [-0.1, -0.05) is 6.42 Å². The number of ether oxygens (including phenoxy) is 1. The van der Waals surface area contributed by atoms with Gasteiger partial charge in [-0.15, -0.1) is 0 Å². The fourth-order valence-corrected chi connectivity index (χ4v) is 4.57. The number of halogens is 1. The van der Waals surface area contributed by atoms with Crippen LogP contribution in [0.1, 0.15) is 47.8 Å². The van der Waals surface area contributed by atoms with Crippen LogP contribution in [-0.4, -0.2) is 55.2 Å². The Bertz CT molecular complexity index is 1350. The van der Waals surface area contributed by atoms with Crippen molar-refractivity contribution in [3.05, 3.63) is 47.5 Å². The van der Waals surface area contributed by atoms with E-state index in [-0.39, 0.29) is 17.5 Å². The average molecular weight is 505 g/mol. The number of amides is 1. The minimum atomic E-state index is -3.81. The molecule has 1 atom stereocenters. The number of carbonyl (C=O) groups excluding carboxylic acids is 1. The van der Waals surface area contributed by atoms with Crippen LogP contribution in [0.5, 0.6) is 5.75 Å². The minimum Gasteiger partial charge on any atom is -0.492 e. The maximum absolute atomic E-state index is 13.6. The standard InChI is InChI=1S/C23H25FN4O6S/c1-35(30,31)27-23(29)18-11-19(32-12-14-9-10-33-34-13-14)20-21(15-3-2-4-15)26-28(22(20)25-18)17-7-5-16(24)6-8-17/h5-8,11,14-15H,2-4,9-10,12-13H2,1H3,(H,27,29). The Morgan fingerprint density at radius 1 is 1.23 bits per heavy atom. The molecule has 12 heteroatoms. The molecule has 1 N–H and O–H groups in total. The molecule has 2 aromatic heterocycles. The van der Waals surface area contributed by atoms with Gasteiger partial charge in [0.2, 0.25) is 10.0 Å². The van der Waals surface area contributed by atoms with E-state index in [4.69, 9.17) is 19.6 Å². The average Bonchev–Trinajstić information content (AvgIpc) is 3.15. The highest BCUT2D eigenvalue weighted by Crippen LogP contribution is 2.42. The molecule has 35 heavy (non-hydrogen) atoms. The van der Waals surface area contributed by atoms with E-state index in [2.05, 4.69) is 4.98 Å². The Kier molecular flexibility index (Phi) is 6.43. The summed E-state index contributed by atoms with van der Waals surface area (Å²) in [5.74, 6) is -0.612. The fourth-order valence-electron chi connectivity index (χ4n) is 4.13. The van der Waals surface area contributed by atoms with Crippen molar-refractivity contribution < 1.29 is 32.1 Å². The molecule has 1 amide bonds. The molecule has 3 aromatic rings. The molecule has 10 nitrogen and oxygen atoms in total. The number of hydrogen-bond acceptors (Lipinski definition) is 8. The van der Waals surface area contributed by atoms with Crippen LogP contribution in [-0.2, 0) is 19.8 Å². The van der Waals surface area contributed by atoms with Crippen molar-refractivity contribution in [1.29, 1.82) is 0 Å². The van der Waals surface area contributed by atoms with Gasteiger partial charge in [0.1, 0.15) is 17.3 Å². The number of benzene rings is 1. The number of sulfonamides is 1. The van der Waals surface area contributed by atoms with E-state index in [1.54, 1.807) is 16.8 Å². The third-order valence-electron chi connectivity index (χ3n) is 6.17. The van der Waals surface area contributed by atoms with E-state index < -0.39 is 21.7 Å². The third-order valence-corrected chi connectivity index (χ3v) is 6.73. The highest BCUT2D eigenvalue weighted by molar-refractivity contribution is 7.89. The van der Waals surface area contributed by atoms with Gasteiger partial charge in [-0.25, -0.2) is 37.0 Å². The second-order valence-electron chi connectivity index (χ2n) is 8.88. The van der Waals surface area contributed by atoms with E-state index in [0.717, 1.165) is 37.6 Å². The predicted molar refractivity (Wildman–Crippen MR) is 123 cm³/mol. The number of rotatable bonds is 7. The zero-order valence-electron chi connectivity index (χ0n) is 19.1. The van der Waals surface area contributed by atoms with E-state index in [9.17, 15) is 17.6 Å². The molecule has 186 valence electrons. The van der Waals surface area contributed by atoms with E-state index in [1.807, 2.05) is 4.72 Å². The molecule has 5 rings (SSSR count). The molecule has 1 saturated carbocycles. The summed E-state index contributed by atoms with van der Waals surface area (Å²) in [5, 5.41) is 5.45. The maximum atomic E-state index is 13.6. The van der Waals surface area contributed by atoms with Crippen LogP contribution in [0.25, 0.3) is 16.7 Å². The maximum Gasteiger partial charge on any atom is 0.283 e. The van der Waals surface area contributed by atoms with Gasteiger partial charge in [-0.3, -0.25) is 4.79 Å². The molecule has 0 bridgehead atoms. The zero-order valence-corrected chi connectivity index (χ0v) is 19.9. The number of fused-ring (bicyclic) bond motifs is 1. The Morgan fingerprint density at radius 2 is 2.00 bits per heavy atom.